The first-order chi connectivity index (χ1) is 7.22. The van der Waals surface area contributed by atoms with Crippen LogP contribution in [0.15, 0.2) is 30.3 Å². The first-order valence-corrected chi connectivity index (χ1v) is 5.44. The van der Waals surface area contributed by atoms with Crippen molar-refractivity contribution in [3.8, 4) is 0 Å². The fourth-order valence-electron chi connectivity index (χ4n) is 1.37. The molecule has 1 rings (SSSR count). The van der Waals surface area contributed by atoms with E-state index in [0.29, 0.717) is 11.2 Å². The monoisotopic (exact) mass is 223 g/mol. The molecule has 0 radical (unpaired) electrons. The van der Waals surface area contributed by atoms with E-state index >= 15 is 0 Å². The summed E-state index contributed by atoms with van der Waals surface area (Å²) in [5, 5.41) is 3.59. The lowest BCUT2D eigenvalue weighted by Crippen LogP contribution is -2.43. The number of benzene rings is 1. The molecule has 0 heterocycles. The van der Waals surface area contributed by atoms with Gasteiger partial charge in [-0.2, -0.15) is 0 Å². The minimum Gasteiger partial charge on any atom is -0.359 e. The molecule has 0 aromatic heterocycles. The van der Waals surface area contributed by atoms with Crippen molar-refractivity contribution in [2.45, 2.75) is 25.8 Å². The van der Waals surface area contributed by atoms with Crippen molar-refractivity contribution in [1.82, 2.24) is 10.7 Å². The maximum atomic E-state index is 5.17. The summed E-state index contributed by atoms with van der Waals surface area (Å²) in [7, 11) is 0. The molecule has 3 nitrogen and oxygen atoms in total. The molecule has 0 aliphatic rings. The zero-order valence-corrected chi connectivity index (χ0v) is 9.68. The number of nitrogens with two attached hydrogens (primary N) is 1. The Morgan fingerprint density at radius 2 is 2.07 bits per heavy atom. The van der Waals surface area contributed by atoms with Gasteiger partial charge >= 0.3 is 0 Å². The fourth-order valence-corrected chi connectivity index (χ4v) is 1.57. The highest BCUT2D eigenvalue weighted by Gasteiger charge is 2.02. The fraction of sp³-hybridized carbons (Fsp3) is 0.364. The lowest BCUT2D eigenvalue weighted by Gasteiger charge is -2.14. The summed E-state index contributed by atoms with van der Waals surface area (Å²) in [5.41, 5.74) is 3.76. The van der Waals surface area contributed by atoms with Crippen molar-refractivity contribution in [2.24, 2.45) is 5.84 Å². The average Bonchev–Trinajstić information content (AvgIpc) is 2.27. The zero-order valence-electron chi connectivity index (χ0n) is 8.86. The molecule has 4 heteroatoms. The van der Waals surface area contributed by atoms with Gasteiger partial charge in [-0.05, 0) is 37.5 Å². The Morgan fingerprint density at radius 1 is 1.40 bits per heavy atom. The van der Waals surface area contributed by atoms with Crippen molar-refractivity contribution in [3.05, 3.63) is 35.9 Å². The zero-order chi connectivity index (χ0) is 11.1. The maximum absolute atomic E-state index is 5.17. The Hall–Kier alpha value is -1.13. The molecule has 0 amide bonds. The molecule has 1 atom stereocenters. The summed E-state index contributed by atoms with van der Waals surface area (Å²) in [6, 6.07) is 10.7. The number of thiocarbonyl (C=S) groups is 1. The molecule has 0 saturated carbocycles. The number of rotatable bonds is 4. The standard InChI is InChI=1S/C11H17N3S/c1-9(13-11(15)14-12)7-8-10-5-3-2-4-6-10/h2-6,9H,7-8,12H2,1H3,(H2,13,14,15). The number of hydrazine groups is 1. The third-order valence-corrected chi connectivity index (χ3v) is 2.45. The first kappa shape index (κ1) is 11.9. The SMILES string of the molecule is CC(CCc1ccccc1)NC(=S)NN. The van der Waals surface area contributed by atoms with Crippen molar-refractivity contribution < 1.29 is 0 Å². The van der Waals surface area contributed by atoms with Crippen LogP contribution in [-0.4, -0.2) is 11.2 Å². The van der Waals surface area contributed by atoms with Gasteiger partial charge in [-0.3, -0.25) is 0 Å². The van der Waals surface area contributed by atoms with Gasteiger partial charge < -0.3 is 10.7 Å². The smallest absolute Gasteiger partial charge is 0.180 e. The summed E-state index contributed by atoms with van der Waals surface area (Å²) < 4.78 is 0. The molecular formula is C11H17N3S. The normalized spacial score (nSPS) is 11.9. The summed E-state index contributed by atoms with van der Waals surface area (Å²) in [4.78, 5) is 0. The highest BCUT2D eigenvalue weighted by atomic mass is 32.1. The van der Waals surface area contributed by atoms with Crippen molar-refractivity contribution >= 4 is 17.3 Å². The molecule has 15 heavy (non-hydrogen) atoms. The Bertz CT molecular complexity index is 300. The van der Waals surface area contributed by atoms with E-state index in [4.69, 9.17) is 18.1 Å². The van der Waals surface area contributed by atoms with E-state index in [1.165, 1.54) is 5.56 Å². The molecule has 0 aliphatic carbocycles. The Morgan fingerprint density at radius 3 is 2.67 bits per heavy atom. The van der Waals surface area contributed by atoms with Crippen LogP contribution >= 0.6 is 12.2 Å². The summed E-state index contributed by atoms with van der Waals surface area (Å²) in [6.45, 7) is 2.09. The minimum atomic E-state index is 0.328. The lowest BCUT2D eigenvalue weighted by atomic mass is 10.1. The van der Waals surface area contributed by atoms with E-state index in [1.807, 2.05) is 6.07 Å². The first-order valence-electron chi connectivity index (χ1n) is 5.03. The predicted molar refractivity (Wildman–Crippen MR) is 67.3 cm³/mol. The summed E-state index contributed by atoms with van der Waals surface area (Å²) >= 11 is 4.92. The molecule has 0 bridgehead atoms. The van der Waals surface area contributed by atoms with Crippen molar-refractivity contribution in [1.29, 1.82) is 0 Å². The molecule has 1 unspecified atom stereocenters. The molecule has 0 saturated heterocycles. The van der Waals surface area contributed by atoms with Gasteiger partial charge in [0.25, 0.3) is 0 Å². The van der Waals surface area contributed by atoms with Crippen LogP contribution in [0.4, 0.5) is 0 Å². The molecule has 82 valence electrons. The van der Waals surface area contributed by atoms with Crippen LogP contribution in [0.25, 0.3) is 0 Å². The minimum absolute atomic E-state index is 0.328. The van der Waals surface area contributed by atoms with E-state index in [9.17, 15) is 0 Å². The third kappa shape index (κ3) is 4.76. The second-order valence-electron chi connectivity index (χ2n) is 3.54. The average molecular weight is 223 g/mol. The summed E-state index contributed by atoms with van der Waals surface area (Å²) in [5.74, 6) is 5.17. The predicted octanol–water partition coefficient (Wildman–Crippen LogP) is 1.35. The highest BCUT2D eigenvalue weighted by Crippen LogP contribution is 2.04. The number of hydrogen-bond donors (Lipinski definition) is 3. The Labute approximate surface area is 96.0 Å². The number of nitrogens with one attached hydrogen (secondary N) is 2. The van der Waals surface area contributed by atoms with Crippen LogP contribution in [0, 0.1) is 0 Å². The van der Waals surface area contributed by atoms with Gasteiger partial charge in [0.15, 0.2) is 5.11 Å². The molecule has 0 spiro atoms. The maximum Gasteiger partial charge on any atom is 0.180 e. The van der Waals surface area contributed by atoms with Crippen LogP contribution in [-0.2, 0) is 6.42 Å². The Kier molecular flexibility index (Phi) is 5.07. The van der Waals surface area contributed by atoms with E-state index in [-0.39, 0.29) is 0 Å². The van der Waals surface area contributed by atoms with E-state index < -0.39 is 0 Å². The van der Waals surface area contributed by atoms with Gasteiger partial charge in [0.1, 0.15) is 0 Å². The van der Waals surface area contributed by atoms with Crippen LogP contribution in [0.3, 0.4) is 0 Å². The van der Waals surface area contributed by atoms with Gasteiger partial charge in [-0.15, -0.1) is 0 Å². The lowest BCUT2D eigenvalue weighted by molar-refractivity contribution is 0.601. The topological polar surface area (TPSA) is 50.1 Å². The summed E-state index contributed by atoms with van der Waals surface area (Å²) in [6.07, 6.45) is 2.08. The van der Waals surface area contributed by atoms with Crippen LogP contribution < -0.4 is 16.6 Å². The van der Waals surface area contributed by atoms with Crippen LogP contribution in [0.1, 0.15) is 18.9 Å². The molecule has 1 aromatic rings. The van der Waals surface area contributed by atoms with E-state index in [2.05, 4.69) is 41.9 Å². The van der Waals surface area contributed by atoms with Gasteiger partial charge in [0.05, 0.1) is 0 Å². The highest BCUT2D eigenvalue weighted by molar-refractivity contribution is 7.80. The van der Waals surface area contributed by atoms with Gasteiger partial charge in [0.2, 0.25) is 0 Å². The molecule has 0 aliphatic heterocycles. The third-order valence-electron chi connectivity index (χ3n) is 2.22. The quantitative estimate of drug-likeness (QED) is 0.410. The molecular weight excluding hydrogens is 206 g/mol. The molecule has 0 fully saturated rings. The number of aryl methyl sites for hydroxylation is 1. The molecule has 4 N–H and O–H groups in total. The van der Waals surface area contributed by atoms with E-state index in [1.54, 1.807) is 0 Å². The van der Waals surface area contributed by atoms with Gasteiger partial charge in [0, 0.05) is 6.04 Å². The second kappa shape index (κ2) is 6.37. The van der Waals surface area contributed by atoms with E-state index in [0.717, 1.165) is 12.8 Å². The largest absolute Gasteiger partial charge is 0.359 e. The van der Waals surface area contributed by atoms with Gasteiger partial charge in [-0.25, -0.2) is 5.84 Å². The van der Waals surface area contributed by atoms with Gasteiger partial charge in [-0.1, -0.05) is 30.3 Å². The molecule has 1 aromatic carbocycles. The van der Waals surface area contributed by atoms with Crippen molar-refractivity contribution in [3.63, 3.8) is 0 Å². The van der Waals surface area contributed by atoms with Crippen molar-refractivity contribution in [2.75, 3.05) is 0 Å². The van der Waals surface area contributed by atoms with Crippen LogP contribution in [0.2, 0.25) is 0 Å². The Balaban J connectivity index is 2.28. The van der Waals surface area contributed by atoms with Crippen LogP contribution in [0.5, 0.6) is 0 Å². The second-order valence-corrected chi connectivity index (χ2v) is 3.95. The number of hydrogen-bond acceptors (Lipinski definition) is 2.